The quantitative estimate of drug-likeness (QED) is 0.580. The number of thiazole rings is 1. The van der Waals surface area contributed by atoms with Gasteiger partial charge in [-0.1, -0.05) is 12.1 Å². The highest BCUT2D eigenvalue weighted by Crippen LogP contribution is 2.26. The van der Waals surface area contributed by atoms with Crippen molar-refractivity contribution in [1.29, 1.82) is 5.26 Å². The Kier molecular flexibility index (Phi) is 7.20. The number of hydrogen-bond donors (Lipinski definition) is 1. The van der Waals surface area contributed by atoms with Crippen LogP contribution < -0.4 is 14.8 Å². The maximum Gasteiger partial charge on any atom is 0.226 e. The SMILES string of the molecule is CCOc1ccc(-c2nc(CC(=O)NCc3cccc(OCC#N)c3)cs2)cc1. The third-order valence-corrected chi connectivity index (χ3v) is 4.94. The Bertz CT molecular complexity index is 993. The molecule has 29 heavy (non-hydrogen) atoms. The van der Waals surface area contributed by atoms with Crippen molar-refractivity contribution in [2.45, 2.75) is 19.9 Å². The molecule has 0 spiro atoms. The van der Waals surface area contributed by atoms with Crippen LogP contribution in [0.15, 0.2) is 53.9 Å². The van der Waals surface area contributed by atoms with E-state index in [1.54, 1.807) is 6.07 Å². The van der Waals surface area contributed by atoms with Gasteiger partial charge in [0.2, 0.25) is 5.91 Å². The Labute approximate surface area is 173 Å². The maximum absolute atomic E-state index is 12.3. The molecular weight excluding hydrogens is 386 g/mol. The van der Waals surface area contributed by atoms with Gasteiger partial charge >= 0.3 is 0 Å². The summed E-state index contributed by atoms with van der Waals surface area (Å²) in [6.45, 7) is 2.97. The van der Waals surface area contributed by atoms with Gasteiger partial charge in [0.15, 0.2) is 6.61 Å². The number of nitrogens with zero attached hydrogens (tertiary/aromatic N) is 2. The highest BCUT2D eigenvalue weighted by atomic mass is 32.1. The minimum Gasteiger partial charge on any atom is -0.494 e. The van der Waals surface area contributed by atoms with Gasteiger partial charge in [-0.25, -0.2) is 4.98 Å². The average molecular weight is 407 g/mol. The number of aromatic nitrogens is 1. The number of benzene rings is 2. The zero-order chi connectivity index (χ0) is 20.5. The van der Waals surface area contributed by atoms with E-state index in [9.17, 15) is 4.79 Å². The number of carbonyl (C=O) groups excluding carboxylic acids is 1. The smallest absolute Gasteiger partial charge is 0.226 e. The molecule has 0 aliphatic heterocycles. The first-order valence-electron chi connectivity index (χ1n) is 9.21. The average Bonchev–Trinajstić information content (AvgIpc) is 3.20. The van der Waals surface area contributed by atoms with Crippen LogP contribution in [0, 0.1) is 11.3 Å². The van der Waals surface area contributed by atoms with Crippen molar-refractivity contribution in [3.8, 4) is 28.1 Å². The fraction of sp³-hybridized carbons (Fsp3) is 0.227. The van der Waals surface area contributed by atoms with E-state index in [0.717, 1.165) is 27.6 Å². The second-order valence-electron chi connectivity index (χ2n) is 6.15. The zero-order valence-electron chi connectivity index (χ0n) is 16.1. The third kappa shape index (κ3) is 6.06. The second kappa shape index (κ2) is 10.2. The second-order valence-corrected chi connectivity index (χ2v) is 7.01. The summed E-state index contributed by atoms with van der Waals surface area (Å²) in [7, 11) is 0. The molecule has 148 valence electrons. The molecule has 0 unspecified atom stereocenters. The van der Waals surface area contributed by atoms with Crippen molar-refractivity contribution in [2.75, 3.05) is 13.2 Å². The highest BCUT2D eigenvalue weighted by molar-refractivity contribution is 7.13. The Morgan fingerprint density at radius 2 is 2.00 bits per heavy atom. The molecule has 0 saturated carbocycles. The van der Waals surface area contributed by atoms with Crippen LogP contribution in [0.3, 0.4) is 0 Å². The van der Waals surface area contributed by atoms with Gasteiger partial charge in [0, 0.05) is 17.5 Å². The zero-order valence-corrected chi connectivity index (χ0v) is 16.9. The highest BCUT2D eigenvalue weighted by Gasteiger charge is 2.09. The molecule has 0 radical (unpaired) electrons. The van der Waals surface area contributed by atoms with E-state index in [1.807, 2.05) is 60.8 Å². The number of carbonyl (C=O) groups is 1. The summed E-state index contributed by atoms with van der Waals surface area (Å²) in [6.07, 6.45) is 0.220. The fourth-order valence-corrected chi connectivity index (χ4v) is 3.50. The van der Waals surface area contributed by atoms with Gasteiger partial charge in [-0.05, 0) is 48.9 Å². The van der Waals surface area contributed by atoms with Crippen LogP contribution in [0.25, 0.3) is 10.6 Å². The number of hydrogen-bond acceptors (Lipinski definition) is 6. The van der Waals surface area contributed by atoms with Crippen molar-refractivity contribution in [1.82, 2.24) is 10.3 Å². The van der Waals surface area contributed by atoms with Crippen molar-refractivity contribution in [3.63, 3.8) is 0 Å². The topological polar surface area (TPSA) is 84.2 Å². The summed E-state index contributed by atoms with van der Waals surface area (Å²) in [5, 5.41) is 14.2. The van der Waals surface area contributed by atoms with Crippen molar-refractivity contribution >= 4 is 17.2 Å². The molecule has 1 heterocycles. The van der Waals surface area contributed by atoms with Gasteiger partial charge < -0.3 is 14.8 Å². The van der Waals surface area contributed by atoms with Gasteiger partial charge in [0.05, 0.1) is 18.7 Å². The predicted molar refractivity (Wildman–Crippen MR) is 112 cm³/mol. The monoisotopic (exact) mass is 407 g/mol. The van der Waals surface area contributed by atoms with E-state index in [1.165, 1.54) is 11.3 Å². The summed E-state index contributed by atoms with van der Waals surface area (Å²) in [5.41, 5.74) is 2.64. The van der Waals surface area contributed by atoms with Gasteiger partial charge in [-0.15, -0.1) is 11.3 Å². The standard InChI is InChI=1S/C22H21N3O3S/c1-2-27-19-8-6-17(7-9-19)22-25-18(15-29-22)13-21(26)24-14-16-4-3-5-20(12-16)28-11-10-23/h3-9,12,15H,2,11,13-14H2,1H3,(H,24,26). The Morgan fingerprint density at radius 1 is 1.17 bits per heavy atom. The number of nitrogens with one attached hydrogen (secondary N) is 1. The summed E-state index contributed by atoms with van der Waals surface area (Å²) < 4.78 is 10.7. The van der Waals surface area contributed by atoms with E-state index >= 15 is 0 Å². The molecule has 3 aromatic rings. The summed E-state index contributed by atoms with van der Waals surface area (Å²) in [5.74, 6) is 1.34. The van der Waals surface area contributed by atoms with Crippen LogP contribution in [-0.4, -0.2) is 24.1 Å². The minimum absolute atomic E-state index is 0.00364. The first-order valence-corrected chi connectivity index (χ1v) is 10.1. The van der Waals surface area contributed by atoms with Gasteiger partial charge in [-0.2, -0.15) is 5.26 Å². The van der Waals surface area contributed by atoms with Crippen LogP contribution in [0.4, 0.5) is 0 Å². The number of ether oxygens (including phenoxy) is 2. The molecule has 0 bridgehead atoms. The molecule has 1 aromatic heterocycles. The van der Waals surface area contributed by atoms with Gasteiger partial charge in [-0.3, -0.25) is 4.79 Å². The Hall–Kier alpha value is -3.37. The van der Waals surface area contributed by atoms with E-state index in [-0.39, 0.29) is 18.9 Å². The first kappa shape index (κ1) is 20.4. The van der Waals surface area contributed by atoms with Crippen molar-refractivity contribution < 1.29 is 14.3 Å². The van der Waals surface area contributed by atoms with Gasteiger partial charge in [0.25, 0.3) is 0 Å². The fourth-order valence-electron chi connectivity index (χ4n) is 2.67. The molecule has 1 amide bonds. The normalized spacial score (nSPS) is 10.2. The van der Waals surface area contributed by atoms with E-state index in [2.05, 4.69) is 10.3 Å². The molecule has 3 rings (SSSR count). The van der Waals surface area contributed by atoms with Crippen LogP contribution in [0.1, 0.15) is 18.2 Å². The first-order chi connectivity index (χ1) is 14.2. The molecule has 0 aliphatic rings. The lowest BCUT2D eigenvalue weighted by molar-refractivity contribution is -0.120. The van der Waals surface area contributed by atoms with Crippen molar-refractivity contribution in [2.24, 2.45) is 0 Å². The molecule has 0 atom stereocenters. The van der Waals surface area contributed by atoms with E-state index in [0.29, 0.717) is 18.9 Å². The minimum atomic E-state index is -0.100. The molecule has 7 heteroatoms. The maximum atomic E-state index is 12.3. The summed E-state index contributed by atoms with van der Waals surface area (Å²) >= 11 is 1.51. The van der Waals surface area contributed by atoms with E-state index in [4.69, 9.17) is 14.7 Å². The molecule has 2 aromatic carbocycles. The lowest BCUT2D eigenvalue weighted by Gasteiger charge is -2.07. The molecule has 6 nitrogen and oxygen atoms in total. The number of amides is 1. The number of nitriles is 1. The number of rotatable bonds is 9. The lowest BCUT2D eigenvalue weighted by Crippen LogP contribution is -2.24. The molecular formula is C22H21N3O3S. The van der Waals surface area contributed by atoms with Gasteiger partial charge in [0.1, 0.15) is 22.6 Å². The Morgan fingerprint density at radius 3 is 2.76 bits per heavy atom. The van der Waals surface area contributed by atoms with E-state index < -0.39 is 0 Å². The Balaban J connectivity index is 1.53. The lowest BCUT2D eigenvalue weighted by atomic mass is 10.2. The molecule has 1 N–H and O–H groups in total. The van der Waals surface area contributed by atoms with Crippen LogP contribution in [0.2, 0.25) is 0 Å². The summed E-state index contributed by atoms with van der Waals surface area (Å²) in [4.78, 5) is 16.8. The molecule has 0 aliphatic carbocycles. The van der Waals surface area contributed by atoms with Crippen molar-refractivity contribution in [3.05, 3.63) is 65.2 Å². The predicted octanol–water partition coefficient (Wildman–Crippen LogP) is 3.97. The third-order valence-electron chi connectivity index (χ3n) is 4.00. The summed E-state index contributed by atoms with van der Waals surface area (Å²) in [6, 6.07) is 17.0. The molecule has 0 fully saturated rings. The van der Waals surface area contributed by atoms with Crippen LogP contribution in [-0.2, 0) is 17.8 Å². The largest absolute Gasteiger partial charge is 0.494 e. The molecule has 0 saturated heterocycles. The van der Waals surface area contributed by atoms with Crippen LogP contribution in [0.5, 0.6) is 11.5 Å². The van der Waals surface area contributed by atoms with Crippen LogP contribution >= 0.6 is 11.3 Å².